The molecule has 1 aliphatic heterocycles. The first-order valence-corrected chi connectivity index (χ1v) is 7.06. The van der Waals surface area contributed by atoms with Gasteiger partial charge in [0.1, 0.15) is 5.84 Å². The molecule has 1 aromatic carbocycles. The van der Waals surface area contributed by atoms with Gasteiger partial charge in [0, 0.05) is 5.56 Å². The Hall–Kier alpha value is -1.64. The van der Waals surface area contributed by atoms with Gasteiger partial charge < -0.3 is 5.32 Å². The zero-order valence-electron chi connectivity index (χ0n) is 13.2. The smallest absolute Gasteiger partial charge is 0.254 e. The molecule has 0 aromatic heterocycles. The van der Waals surface area contributed by atoms with E-state index in [4.69, 9.17) is 4.99 Å². The van der Waals surface area contributed by atoms with Gasteiger partial charge in [-0.3, -0.25) is 4.79 Å². The third-order valence-electron chi connectivity index (χ3n) is 4.06. The Kier molecular flexibility index (Phi) is 3.28. The van der Waals surface area contributed by atoms with Crippen molar-refractivity contribution in [1.29, 1.82) is 0 Å². The van der Waals surface area contributed by atoms with E-state index in [-0.39, 0.29) is 16.7 Å². The van der Waals surface area contributed by atoms with Gasteiger partial charge in [-0.05, 0) is 10.8 Å². The number of hydrogen-bond donors (Lipinski definition) is 1. The van der Waals surface area contributed by atoms with Crippen molar-refractivity contribution in [1.82, 2.24) is 5.32 Å². The predicted octanol–water partition coefficient (Wildman–Crippen LogP) is 3.39. The van der Waals surface area contributed by atoms with Crippen LogP contribution in [0.2, 0.25) is 0 Å². The molecule has 1 N–H and O–H groups in total. The zero-order valence-corrected chi connectivity index (χ0v) is 13.2. The van der Waals surface area contributed by atoms with E-state index in [0.717, 1.165) is 5.56 Å². The first kappa shape index (κ1) is 14.8. The third-order valence-corrected chi connectivity index (χ3v) is 4.06. The normalized spacial score (nSPS) is 18.7. The van der Waals surface area contributed by atoms with Gasteiger partial charge in [0.15, 0.2) is 5.54 Å². The number of hydrogen-bond acceptors (Lipinski definition) is 2. The maximum Gasteiger partial charge on any atom is 0.254 e. The van der Waals surface area contributed by atoms with E-state index in [1.807, 2.05) is 30.3 Å². The van der Waals surface area contributed by atoms with Crippen molar-refractivity contribution in [2.45, 2.75) is 47.1 Å². The summed E-state index contributed by atoms with van der Waals surface area (Å²) >= 11 is 0. The highest BCUT2D eigenvalue weighted by Crippen LogP contribution is 2.49. The second kappa shape index (κ2) is 4.44. The minimum Gasteiger partial charge on any atom is -0.308 e. The third kappa shape index (κ3) is 2.05. The van der Waals surface area contributed by atoms with Crippen LogP contribution in [0.15, 0.2) is 35.3 Å². The van der Waals surface area contributed by atoms with E-state index in [2.05, 4.69) is 46.9 Å². The number of nitrogens with zero attached hydrogens (tertiary/aromatic N) is 1. The Morgan fingerprint density at radius 2 is 1.45 bits per heavy atom. The molecule has 0 fully saturated rings. The lowest BCUT2D eigenvalue weighted by Gasteiger charge is -2.46. The van der Waals surface area contributed by atoms with Crippen molar-refractivity contribution in [3.63, 3.8) is 0 Å². The summed E-state index contributed by atoms with van der Waals surface area (Å²) in [4.78, 5) is 17.6. The highest BCUT2D eigenvalue weighted by Gasteiger charge is 2.59. The van der Waals surface area contributed by atoms with Crippen molar-refractivity contribution in [3.8, 4) is 0 Å². The van der Waals surface area contributed by atoms with Gasteiger partial charge in [-0.15, -0.1) is 0 Å². The number of amidine groups is 1. The topological polar surface area (TPSA) is 41.5 Å². The van der Waals surface area contributed by atoms with Crippen LogP contribution < -0.4 is 5.32 Å². The second-order valence-corrected chi connectivity index (χ2v) is 7.49. The first-order chi connectivity index (χ1) is 9.09. The SMILES string of the molecule is CC(C)(C)C1(C(C)(C)C)N=C(c2ccccc2)NC1=O. The number of carbonyl (C=O) groups is 1. The van der Waals surface area contributed by atoms with E-state index in [0.29, 0.717) is 5.84 Å². The minimum atomic E-state index is -0.759. The van der Waals surface area contributed by atoms with E-state index in [1.165, 1.54) is 0 Å². The molecular formula is C17H24N2O. The highest BCUT2D eigenvalue weighted by atomic mass is 16.2. The van der Waals surface area contributed by atoms with Crippen molar-refractivity contribution in [2.24, 2.45) is 15.8 Å². The molecule has 0 saturated heterocycles. The van der Waals surface area contributed by atoms with Gasteiger partial charge >= 0.3 is 0 Å². The molecule has 0 atom stereocenters. The summed E-state index contributed by atoms with van der Waals surface area (Å²) in [6, 6.07) is 9.82. The van der Waals surface area contributed by atoms with E-state index in [1.54, 1.807) is 0 Å². The monoisotopic (exact) mass is 272 g/mol. The molecule has 0 radical (unpaired) electrons. The maximum absolute atomic E-state index is 12.7. The molecule has 0 bridgehead atoms. The molecule has 3 nitrogen and oxygen atoms in total. The van der Waals surface area contributed by atoms with Crippen LogP contribution in [0.5, 0.6) is 0 Å². The Balaban J connectivity index is 2.60. The molecule has 108 valence electrons. The summed E-state index contributed by atoms with van der Waals surface area (Å²) in [6.07, 6.45) is 0. The molecule has 0 saturated carbocycles. The summed E-state index contributed by atoms with van der Waals surface area (Å²) in [7, 11) is 0. The van der Waals surface area contributed by atoms with Crippen LogP contribution in [0, 0.1) is 10.8 Å². The van der Waals surface area contributed by atoms with Crippen LogP contribution in [0.3, 0.4) is 0 Å². The largest absolute Gasteiger partial charge is 0.308 e. The van der Waals surface area contributed by atoms with Gasteiger partial charge in [0.05, 0.1) is 0 Å². The lowest BCUT2D eigenvalue weighted by Crippen LogP contribution is -2.57. The summed E-state index contributed by atoms with van der Waals surface area (Å²) in [5, 5.41) is 2.99. The van der Waals surface area contributed by atoms with Gasteiger partial charge in [-0.25, -0.2) is 4.99 Å². The van der Waals surface area contributed by atoms with Crippen molar-refractivity contribution in [3.05, 3.63) is 35.9 Å². The van der Waals surface area contributed by atoms with Crippen LogP contribution in [0.25, 0.3) is 0 Å². The fourth-order valence-electron chi connectivity index (χ4n) is 3.32. The van der Waals surface area contributed by atoms with Crippen molar-refractivity contribution >= 4 is 11.7 Å². The molecule has 2 rings (SSSR count). The lowest BCUT2D eigenvalue weighted by atomic mass is 9.60. The second-order valence-electron chi connectivity index (χ2n) is 7.49. The number of amides is 1. The Labute approximate surface area is 121 Å². The Morgan fingerprint density at radius 3 is 1.85 bits per heavy atom. The van der Waals surface area contributed by atoms with Gasteiger partial charge in [0.25, 0.3) is 5.91 Å². The standard InChI is InChI=1S/C17H24N2O/c1-15(2,3)17(16(4,5)6)14(20)18-13(19-17)12-10-8-7-9-11-12/h7-11H,1-6H3,(H,18,19,20). The zero-order chi connectivity index (χ0) is 15.2. The number of rotatable bonds is 1. The average Bonchev–Trinajstić information content (AvgIpc) is 2.68. The van der Waals surface area contributed by atoms with Gasteiger partial charge in [0.2, 0.25) is 0 Å². The summed E-state index contributed by atoms with van der Waals surface area (Å²) < 4.78 is 0. The molecular weight excluding hydrogens is 248 g/mol. The van der Waals surface area contributed by atoms with Crippen LogP contribution in [-0.4, -0.2) is 17.3 Å². The molecule has 0 unspecified atom stereocenters. The minimum absolute atomic E-state index is 0.00338. The predicted molar refractivity (Wildman–Crippen MR) is 82.8 cm³/mol. The fourth-order valence-corrected chi connectivity index (χ4v) is 3.32. The first-order valence-electron chi connectivity index (χ1n) is 7.06. The number of benzene rings is 1. The Bertz CT molecular complexity index is 531. The van der Waals surface area contributed by atoms with Crippen LogP contribution >= 0.6 is 0 Å². The molecule has 1 heterocycles. The lowest BCUT2D eigenvalue weighted by molar-refractivity contribution is -0.132. The fraction of sp³-hybridized carbons (Fsp3) is 0.529. The molecule has 0 spiro atoms. The number of nitrogens with one attached hydrogen (secondary N) is 1. The van der Waals surface area contributed by atoms with E-state index >= 15 is 0 Å². The number of aliphatic imine (C=N–C) groups is 1. The van der Waals surface area contributed by atoms with Crippen LogP contribution in [0.1, 0.15) is 47.1 Å². The quantitative estimate of drug-likeness (QED) is 0.836. The highest BCUT2D eigenvalue weighted by molar-refractivity contribution is 6.15. The molecule has 0 aliphatic carbocycles. The van der Waals surface area contributed by atoms with Crippen molar-refractivity contribution < 1.29 is 4.79 Å². The molecule has 1 aliphatic rings. The average molecular weight is 272 g/mol. The molecule has 3 heteroatoms. The Morgan fingerprint density at radius 1 is 0.950 bits per heavy atom. The van der Waals surface area contributed by atoms with Crippen molar-refractivity contribution in [2.75, 3.05) is 0 Å². The maximum atomic E-state index is 12.7. The van der Waals surface area contributed by atoms with Gasteiger partial charge in [-0.2, -0.15) is 0 Å². The van der Waals surface area contributed by atoms with E-state index in [9.17, 15) is 4.79 Å². The molecule has 20 heavy (non-hydrogen) atoms. The number of carbonyl (C=O) groups excluding carboxylic acids is 1. The molecule has 1 amide bonds. The molecule has 1 aromatic rings. The van der Waals surface area contributed by atoms with Gasteiger partial charge in [-0.1, -0.05) is 71.9 Å². The summed E-state index contributed by atoms with van der Waals surface area (Å²) in [5.74, 6) is 0.678. The van der Waals surface area contributed by atoms with E-state index < -0.39 is 5.54 Å². The summed E-state index contributed by atoms with van der Waals surface area (Å²) in [6.45, 7) is 12.5. The van der Waals surface area contributed by atoms with Crippen LogP contribution in [0.4, 0.5) is 0 Å². The van der Waals surface area contributed by atoms with Crippen LogP contribution in [-0.2, 0) is 4.79 Å². The summed E-state index contributed by atoms with van der Waals surface area (Å²) in [5.41, 5.74) is -0.320.